The van der Waals surface area contributed by atoms with Crippen LogP contribution in [0.3, 0.4) is 0 Å². The Balaban J connectivity index is 2.31. The summed E-state index contributed by atoms with van der Waals surface area (Å²) in [6.45, 7) is 0. The summed E-state index contributed by atoms with van der Waals surface area (Å²) in [5.74, 6) is -0.363. The van der Waals surface area contributed by atoms with Gasteiger partial charge in [0, 0.05) is 5.56 Å². The van der Waals surface area contributed by atoms with E-state index in [1.807, 2.05) is 0 Å². The Labute approximate surface area is 139 Å². The van der Waals surface area contributed by atoms with Crippen LogP contribution in [-0.2, 0) is 0 Å². The first-order valence-electron chi connectivity index (χ1n) is 5.40. The van der Waals surface area contributed by atoms with Gasteiger partial charge in [-0.05, 0) is 40.2 Å². The van der Waals surface area contributed by atoms with E-state index in [-0.39, 0.29) is 21.6 Å². The van der Waals surface area contributed by atoms with E-state index in [1.54, 1.807) is 18.2 Å². The molecule has 2 aromatic rings. The summed E-state index contributed by atoms with van der Waals surface area (Å²) < 4.78 is 0.600. The Morgan fingerprint density at radius 2 is 1.85 bits per heavy atom. The summed E-state index contributed by atoms with van der Waals surface area (Å²) >= 11 is 21.0. The van der Waals surface area contributed by atoms with Crippen LogP contribution in [-0.4, -0.2) is 5.91 Å². The standard InChI is InChI=1S/C13H8BrCl3N2O/c14-11-7(15)2-1-3-10(11)19-13(20)6-4-8(16)12(17)9(18)5-6/h1-5H,18H2,(H,19,20). The zero-order valence-electron chi connectivity index (χ0n) is 9.88. The van der Waals surface area contributed by atoms with Gasteiger partial charge in [0.2, 0.25) is 0 Å². The fraction of sp³-hybridized carbons (Fsp3) is 0. The molecule has 20 heavy (non-hydrogen) atoms. The van der Waals surface area contributed by atoms with Crippen LogP contribution in [0.25, 0.3) is 0 Å². The summed E-state index contributed by atoms with van der Waals surface area (Å²) in [6, 6.07) is 8.06. The Morgan fingerprint density at radius 1 is 1.15 bits per heavy atom. The third-order valence-corrected chi connectivity index (χ3v) is 4.73. The molecule has 2 rings (SSSR count). The molecule has 0 bridgehead atoms. The molecule has 1 amide bonds. The van der Waals surface area contributed by atoms with Gasteiger partial charge >= 0.3 is 0 Å². The third-order valence-electron chi connectivity index (χ3n) is 2.52. The van der Waals surface area contributed by atoms with Gasteiger partial charge in [-0.3, -0.25) is 4.79 Å². The lowest BCUT2D eigenvalue weighted by molar-refractivity contribution is 0.102. The SMILES string of the molecule is Nc1cc(C(=O)Nc2cccc(Cl)c2Br)cc(Cl)c1Cl. The number of halogens is 4. The smallest absolute Gasteiger partial charge is 0.255 e. The topological polar surface area (TPSA) is 55.1 Å². The highest BCUT2D eigenvalue weighted by atomic mass is 79.9. The van der Waals surface area contributed by atoms with Gasteiger partial charge in [0.1, 0.15) is 0 Å². The predicted octanol–water partition coefficient (Wildman–Crippen LogP) is 5.24. The highest BCUT2D eigenvalue weighted by molar-refractivity contribution is 9.10. The van der Waals surface area contributed by atoms with E-state index >= 15 is 0 Å². The molecule has 0 aromatic heterocycles. The summed E-state index contributed by atoms with van der Waals surface area (Å²) in [5, 5.41) is 3.66. The monoisotopic (exact) mass is 392 g/mol. The number of nitrogen functional groups attached to an aromatic ring is 1. The van der Waals surface area contributed by atoms with E-state index in [0.717, 1.165) is 0 Å². The fourth-order valence-electron chi connectivity index (χ4n) is 1.54. The van der Waals surface area contributed by atoms with E-state index in [9.17, 15) is 4.79 Å². The Bertz CT molecular complexity index is 668. The van der Waals surface area contributed by atoms with Gasteiger partial charge in [-0.15, -0.1) is 0 Å². The van der Waals surface area contributed by atoms with E-state index in [0.29, 0.717) is 20.7 Å². The predicted molar refractivity (Wildman–Crippen MR) is 88.0 cm³/mol. The molecule has 0 aliphatic rings. The molecule has 0 aliphatic carbocycles. The van der Waals surface area contributed by atoms with Crippen LogP contribution in [0.15, 0.2) is 34.8 Å². The highest BCUT2D eigenvalue weighted by Crippen LogP contribution is 2.32. The van der Waals surface area contributed by atoms with Gasteiger partial charge in [0.25, 0.3) is 5.91 Å². The molecule has 0 unspecified atom stereocenters. The largest absolute Gasteiger partial charge is 0.397 e. The molecule has 3 nitrogen and oxygen atoms in total. The Morgan fingerprint density at radius 3 is 2.50 bits per heavy atom. The van der Waals surface area contributed by atoms with Crippen LogP contribution < -0.4 is 11.1 Å². The van der Waals surface area contributed by atoms with Crippen molar-refractivity contribution in [3.8, 4) is 0 Å². The number of nitrogens with two attached hydrogens (primary N) is 1. The lowest BCUT2D eigenvalue weighted by Gasteiger charge is -2.10. The van der Waals surface area contributed by atoms with Gasteiger partial charge in [-0.2, -0.15) is 0 Å². The van der Waals surface area contributed by atoms with Gasteiger partial charge in [-0.25, -0.2) is 0 Å². The molecular weight excluding hydrogens is 386 g/mol. The van der Waals surface area contributed by atoms with Crippen molar-refractivity contribution in [3.63, 3.8) is 0 Å². The molecule has 0 heterocycles. The second kappa shape index (κ2) is 6.22. The minimum atomic E-state index is -0.363. The fourth-order valence-corrected chi connectivity index (χ4v) is 2.41. The third kappa shape index (κ3) is 3.20. The number of carbonyl (C=O) groups excluding carboxylic acids is 1. The van der Waals surface area contributed by atoms with Crippen LogP contribution in [0.4, 0.5) is 11.4 Å². The van der Waals surface area contributed by atoms with Crippen LogP contribution in [0.2, 0.25) is 15.1 Å². The minimum Gasteiger partial charge on any atom is -0.397 e. The van der Waals surface area contributed by atoms with Crippen LogP contribution >= 0.6 is 50.7 Å². The first-order chi connectivity index (χ1) is 9.40. The summed E-state index contributed by atoms with van der Waals surface area (Å²) in [6.07, 6.45) is 0. The number of anilines is 2. The molecule has 0 fully saturated rings. The van der Waals surface area contributed by atoms with Crippen molar-refractivity contribution >= 4 is 68.0 Å². The first kappa shape index (κ1) is 15.4. The molecule has 3 N–H and O–H groups in total. The molecule has 0 aliphatic heterocycles. The molecule has 0 atom stereocenters. The van der Waals surface area contributed by atoms with E-state index in [2.05, 4.69) is 21.2 Å². The van der Waals surface area contributed by atoms with Crippen LogP contribution in [0.5, 0.6) is 0 Å². The lowest BCUT2D eigenvalue weighted by Crippen LogP contribution is -2.13. The second-order valence-electron chi connectivity index (χ2n) is 3.92. The van der Waals surface area contributed by atoms with Crippen LogP contribution in [0.1, 0.15) is 10.4 Å². The molecule has 2 aromatic carbocycles. The maximum atomic E-state index is 12.2. The maximum absolute atomic E-state index is 12.2. The van der Waals surface area contributed by atoms with Crippen molar-refractivity contribution in [2.75, 3.05) is 11.1 Å². The lowest BCUT2D eigenvalue weighted by atomic mass is 10.2. The number of hydrogen-bond donors (Lipinski definition) is 2. The van der Waals surface area contributed by atoms with Crippen molar-refractivity contribution in [2.24, 2.45) is 0 Å². The van der Waals surface area contributed by atoms with Crippen molar-refractivity contribution in [1.29, 1.82) is 0 Å². The van der Waals surface area contributed by atoms with Crippen molar-refractivity contribution in [3.05, 3.63) is 55.4 Å². The number of rotatable bonds is 2. The number of nitrogens with one attached hydrogen (secondary N) is 1. The number of amides is 1. The molecular formula is C13H8BrCl3N2O. The molecule has 7 heteroatoms. The zero-order chi connectivity index (χ0) is 14.9. The Kier molecular flexibility index (Phi) is 4.81. The summed E-state index contributed by atoms with van der Waals surface area (Å²) in [5.41, 5.74) is 6.78. The van der Waals surface area contributed by atoms with Crippen molar-refractivity contribution in [1.82, 2.24) is 0 Å². The van der Waals surface area contributed by atoms with Gasteiger partial charge in [0.15, 0.2) is 0 Å². The van der Waals surface area contributed by atoms with E-state index < -0.39 is 0 Å². The molecule has 0 saturated carbocycles. The zero-order valence-corrected chi connectivity index (χ0v) is 13.7. The number of carbonyl (C=O) groups is 1. The average Bonchev–Trinajstić information content (AvgIpc) is 2.40. The highest BCUT2D eigenvalue weighted by Gasteiger charge is 2.13. The van der Waals surface area contributed by atoms with Gasteiger partial charge in [-0.1, -0.05) is 40.9 Å². The minimum absolute atomic E-state index is 0.224. The van der Waals surface area contributed by atoms with E-state index in [1.165, 1.54) is 12.1 Å². The van der Waals surface area contributed by atoms with E-state index in [4.69, 9.17) is 40.5 Å². The Hall–Kier alpha value is -0.940. The average molecular weight is 394 g/mol. The molecule has 104 valence electrons. The second-order valence-corrected chi connectivity index (χ2v) is 5.90. The van der Waals surface area contributed by atoms with Crippen molar-refractivity contribution < 1.29 is 4.79 Å². The van der Waals surface area contributed by atoms with Gasteiger partial charge in [0.05, 0.1) is 30.9 Å². The van der Waals surface area contributed by atoms with Crippen LogP contribution in [0, 0.1) is 0 Å². The molecule has 0 saturated heterocycles. The summed E-state index contributed by atoms with van der Waals surface area (Å²) in [7, 11) is 0. The molecule has 0 spiro atoms. The first-order valence-corrected chi connectivity index (χ1v) is 7.32. The number of benzene rings is 2. The normalized spacial score (nSPS) is 10.4. The van der Waals surface area contributed by atoms with Gasteiger partial charge < -0.3 is 11.1 Å². The molecule has 0 radical (unpaired) electrons. The van der Waals surface area contributed by atoms with Crippen molar-refractivity contribution in [2.45, 2.75) is 0 Å². The maximum Gasteiger partial charge on any atom is 0.255 e. The number of hydrogen-bond acceptors (Lipinski definition) is 2. The summed E-state index contributed by atoms with van der Waals surface area (Å²) in [4.78, 5) is 12.2. The quantitative estimate of drug-likeness (QED) is 0.684.